The number of nitrogens with one attached hydrogen (secondary N) is 1. The van der Waals surface area contributed by atoms with Gasteiger partial charge in [0.1, 0.15) is 18.2 Å². The molecule has 2 aromatic rings. The Balaban J connectivity index is 1.83. The summed E-state index contributed by atoms with van der Waals surface area (Å²) in [5.74, 6) is 0.302. The minimum Gasteiger partial charge on any atom is -0.382 e. The topological polar surface area (TPSA) is 147 Å². The largest absolute Gasteiger partial charge is 0.382 e. The standard InChI is InChI=1S/C17H31N6O5P/c1-4-6-26-14(27-7-5-2)8-22-29(24,25)12-28-13(3)9-23-11-21-15-16(18)19-10-20-17(15)23/h10-11,13-14H,4-9,12H2,1-3H3,(H2,18,19,20)(H2,22,24,25)/t13-/m1/s1. The van der Waals surface area contributed by atoms with Gasteiger partial charge in [-0.05, 0) is 19.8 Å². The summed E-state index contributed by atoms with van der Waals surface area (Å²) in [6.45, 7) is 7.32. The molecule has 0 aromatic carbocycles. The van der Waals surface area contributed by atoms with Crippen molar-refractivity contribution >= 4 is 24.5 Å². The second kappa shape index (κ2) is 11.5. The first-order chi connectivity index (χ1) is 13.9. The quantitative estimate of drug-likeness (QED) is 0.299. The molecule has 0 spiro atoms. The molecule has 4 N–H and O–H groups in total. The van der Waals surface area contributed by atoms with Crippen molar-refractivity contribution in [1.82, 2.24) is 24.6 Å². The predicted octanol–water partition coefficient (Wildman–Crippen LogP) is 1.73. The monoisotopic (exact) mass is 430 g/mol. The summed E-state index contributed by atoms with van der Waals surface area (Å²) in [5, 5.41) is 2.61. The van der Waals surface area contributed by atoms with E-state index in [-0.39, 0.29) is 19.0 Å². The number of imidazole rings is 1. The van der Waals surface area contributed by atoms with Gasteiger partial charge in [0, 0.05) is 13.2 Å². The lowest BCUT2D eigenvalue weighted by molar-refractivity contribution is -0.137. The molecule has 0 aliphatic heterocycles. The number of aromatic nitrogens is 4. The van der Waals surface area contributed by atoms with Crippen molar-refractivity contribution in [2.45, 2.75) is 52.6 Å². The van der Waals surface area contributed by atoms with Gasteiger partial charge in [0.25, 0.3) is 7.52 Å². The SMILES string of the molecule is CCCOC(CNP(=O)(O)CO[C@H](C)Cn1cnc2c(N)ncnc21)OCCC. The van der Waals surface area contributed by atoms with Gasteiger partial charge in [-0.1, -0.05) is 13.8 Å². The van der Waals surface area contributed by atoms with E-state index in [4.69, 9.17) is 19.9 Å². The molecule has 0 bridgehead atoms. The number of ether oxygens (including phenoxy) is 3. The van der Waals surface area contributed by atoms with Crippen LogP contribution in [0.3, 0.4) is 0 Å². The smallest absolute Gasteiger partial charge is 0.292 e. The number of anilines is 1. The van der Waals surface area contributed by atoms with Crippen LogP contribution in [0.5, 0.6) is 0 Å². The van der Waals surface area contributed by atoms with E-state index in [1.54, 1.807) is 17.8 Å². The molecule has 164 valence electrons. The minimum absolute atomic E-state index is 0.105. The number of nitrogens with two attached hydrogens (primary N) is 1. The summed E-state index contributed by atoms with van der Waals surface area (Å²) in [6, 6.07) is 0. The van der Waals surface area contributed by atoms with Crippen molar-refractivity contribution < 1.29 is 23.7 Å². The first kappa shape index (κ1) is 23.7. The van der Waals surface area contributed by atoms with Crippen molar-refractivity contribution in [2.24, 2.45) is 0 Å². The van der Waals surface area contributed by atoms with Crippen LogP contribution in [0, 0.1) is 0 Å². The van der Waals surface area contributed by atoms with Gasteiger partial charge in [0.15, 0.2) is 17.8 Å². The molecule has 2 heterocycles. The highest BCUT2D eigenvalue weighted by atomic mass is 31.2. The lowest BCUT2D eigenvalue weighted by Crippen LogP contribution is -2.31. The van der Waals surface area contributed by atoms with Gasteiger partial charge in [-0.25, -0.2) is 20.0 Å². The third kappa shape index (κ3) is 7.61. The fraction of sp³-hybridized carbons (Fsp3) is 0.706. The summed E-state index contributed by atoms with van der Waals surface area (Å²) in [5.41, 5.74) is 6.88. The molecule has 0 saturated heterocycles. The van der Waals surface area contributed by atoms with Crippen LogP contribution in [0.4, 0.5) is 5.82 Å². The Hall–Kier alpha value is -1.62. The Bertz CT molecular complexity index is 796. The maximum absolute atomic E-state index is 12.4. The average Bonchev–Trinajstić information content (AvgIpc) is 3.10. The number of nitrogen functional groups attached to an aromatic ring is 1. The summed E-state index contributed by atoms with van der Waals surface area (Å²) < 4.78 is 30.8. The van der Waals surface area contributed by atoms with Crippen molar-refractivity contribution in [1.29, 1.82) is 0 Å². The van der Waals surface area contributed by atoms with Crippen LogP contribution >= 0.6 is 7.52 Å². The molecule has 2 atom stereocenters. The Morgan fingerprint density at radius 2 is 1.90 bits per heavy atom. The molecule has 29 heavy (non-hydrogen) atoms. The van der Waals surface area contributed by atoms with Crippen molar-refractivity contribution in [3.8, 4) is 0 Å². The van der Waals surface area contributed by atoms with Crippen molar-refractivity contribution in [3.63, 3.8) is 0 Å². The normalized spacial score (nSPS) is 15.1. The maximum atomic E-state index is 12.4. The highest BCUT2D eigenvalue weighted by Gasteiger charge is 2.22. The molecule has 2 rings (SSSR count). The van der Waals surface area contributed by atoms with Gasteiger partial charge < -0.3 is 29.4 Å². The minimum atomic E-state index is -3.71. The molecule has 1 unspecified atom stereocenters. The third-order valence-corrected chi connectivity index (χ3v) is 5.11. The van der Waals surface area contributed by atoms with Gasteiger partial charge in [-0.15, -0.1) is 0 Å². The Morgan fingerprint density at radius 1 is 1.21 bits per heavy atom. The van der Waals surface area contributed by atoms with Gasteiger partial charge in [-0.3, -0.25) is 4.57 Å². The maximum Gasteiger partial charge on any atom is 0.292 e. The van der Waals surface area contributed by atoms with E-state index in [0.29, 0.717) is 36.7 Å². The Morgan fingerprint density at radius 3 is 2.55 bits per heavy atom. The molecule has 2 aromatic heterocycles. The van der Waals surface area contributed by atoms with Gasteiger partial charge in [0.2, 0.25) is 0 Å². The van der Waals surface area contributed by atoms with Crippen molar-refractivity contribution in [2.75, 3.05) is 31.8 Å². The molecule has 0 aliphatic carbocycles. The van der Waals surface area contributed by atoms with Crippen molar-refractivity contribution in [3.05, 3.63) is 12.7 Å². The molecule has 11 nitrogen and oxygen atoms in total. The number of nitrogens with zero attached hydrogens (tertiary/aromatic N) is 4. The fourth-order valence-corrected chi connectivity index (χ4v) is 3.50. The zero-order chi connectivity index (χ0) is 21.3. The van der Waals surface area contributed by atoms with Crippen LogP contribution in [-0.4, -0.2) is 62.9 Å². The summed E-state index contributed by atoms with van der Waals surface area (Å²) in [4.78, 5) is 22.4. The zero-order valence-corrected chi connectivity index (χ0v) is 18.0. The lowest BCUT2D eigenvalue weighted by Gasteiger charge is -2.22. The fourth-order valence-electron chi connectivity index (χ4n) is 2.52. The van der Waals surface area contributed by atoms with E-state index in [0.717, 1.165) is 12.8 Å². The molecule has 0 saturated carbocycles. The lowest BCUT2D eigenvalue weighted by atomic mass is 10.4. The number of fused-ring (bicyclic) bond motifs is 1. The second-order valence-corrected chi connectivity index (χ2v) is 8.65. The van der Waals surface area contributed by atoms with Gasteiger partial charge in [-0.2, -0.15) is 0 Å². The van der Waals surface area contributed by atoms with E-state index in [2.05, 4.69) is 20.0 Å². The van der Waals surface area contributed by atoms with Crippen LogP contribution in [0.15, 0.2) is 12.7 Å². The Labute approximate surface area is 170 Å². The molecule has 0 aliphatic rings. The molecule has 0 radical (unpaired) electrons. The number of rotatable bonds is 14. The first-order valence-electron chi connectivity index (χ1n) is 9.69. The van der Waals surface area contributed by atoms with E-state index >= 15 is 0 Å². The van der Waals surface area contributed by atoms with E-state index in [9.17, 15) is 9.46 Å². The summed E-state index contributed by atoms with van der Waals surface area (Å²) in [6.07, 6.45) is 3.36. The molecular formula is C17H31N6O5P. The number of hydrogen-bond donors (Lipinski definition) is 3. The van der Waals surface area contributed by atoms with Crippen LogP contribution in [-0.2, 0) is 25.3 Å². The summed E-state index contributed by atoms with van der Waals surface area (Å²) in [7, 11) is -3.71. The second-order valence-electron chi connectivity index (χ2n) is 6.67. The Kier molecular flexibility index (Phi) is 9.41. The average molecular weight is 430 g/mol. The highest BCUT2D eigenvalue weighted by Crippen LogP contribution is 2.35. The van der Waals surface area contributed by atoms with E-state index < -0.39 is 13.8 Å². The first-order valence-corrected chi connectivity index (χ1v) is 11.5. The van der Waals surface area contributed by atoms with E-state index in [1.165, 1.54) is 6.33 Å². The van der Waals surface area contributed by atoms with Gasteiger partial charge in [0.05, 0.1) is 25.5 Å². The third-order valence-electron chi connectivity index (χ3n) is 3.94. The van der Waals surface area contributed by atoms with Gasteiger partial charge >= 0.3 is 0 Å². The highest BCUT2D eigenvalue weighted by molar-refractivity contribution is 7.55. The molecule has 0 fully saturated rings. The van der Waals surface area contributed by atoms with Crippen LogP contribution < -0.4 is 10.8 Å². The predicted molar refractivity (Wildman–Crippen MR) is 109 cm³/mol. The van der Waals surface area contributed by atoms with E-state index in [1.807, 2.05) is 13.8 Å². The summed E-state index contributed by atoms with van der Waals surface area (Å²) >= 11 is 0. The number of hydrogen-bond acceptors (Lipinski definition) is 8. The molecule has 12 heteroatoms. The zero-order valence-electron chi connectivity index (χ0n) is 17.2. The molecule has 0 amide bonds. The van der Waals surface area contributed by atoms with Crippen LogP contribution in [0.1, 0.15) is 33.6 Å². The molecular weight excluding hydrogens is 399 g/mol. The van der Waals surface area contributed by atoms with Crippen LogP contribution in [0.2, 0.25) is 0 Å². The van der Waals surface area contributed by atoms with Crippen LogP contribution in [0.25, 0.3) is 11.2 Å².